The molecule has 0 saturated heterocycles. The molecule has 1 atom stereocenters. The van der Waals surface area contributed by atoms with E-state index >= 15 is 0 Å². The third-order valence-corrected chi connectivity index (χ3v) is 4.14. The van der Waals surface area contributed by atoms with Crippen molar-refractivity contribution in [2.24, 2.45) is 0 Å². The Balaban J connectivity index is 1.86. The van der Waals surface area contributed by atoms with Crippen LogP contribution in [0, 0.1) is 0 Å². The Hall–Kier alpha value is -2.24. The minimum absolute atomic E-state index is 0.541. The Morgan fingerprint density at radius 2 is 2.19 bits per heavy atom. The van der Waals surface area contributed by atoms with E-state index in [1.54, 1.807) is 17.5 Å². The highest BCUT2D eigenvalue weighted by molar-refractivity contribution is 7.09. The molecule has 106 valence electrons. The highest BCUT2D eigenvalue weighted by Crippen LogP contribution is 2.20. The normalized spacial score (nSPS) is 12.4. The third-order valence-electron chi connectivity index (χ3n) is 3.27. The average molecular weight is 298 g/mol. The number of rotatable bonds is 5. The van der Waals surface area contributed by atoms with E-state index in [0.717, 1.165) is 21.3 Å². The average Bonchev–Trinajstić information content (AvgIpc) is 3.00. The standard InChI is InChI=1S/C16H14N2O2S/c19-16(20)15(18-10-13-4-2-8-21-13)12-5-6-14-11(9-12)3-1-7-17-14/h1-9,15,18H,10H2,(H,19,20). The maximum atomic E-state index is 11.5. The molecule has 0 radical (unpaired) electrons. The topological polar surface area (TPSA) is 62.2 Å². The number of thiophene rings is 1. The number of carboxylic acid groups (broad SMARTS) is 1. The van der Waals surface area contributed by atoms with Crippen molar-refractivity contribution in [2.75, 3.05) is 0 Å². The van der Waals surface area contributed by atoms with E-state index in [4.69, 9.17) is 0 Å². The predicted molar refractivity (Wildman–Crippen MR) is 83.3 cm³/mol. The number of fused-ring (bicyclic) bond motifs is 1. The summed E-state index contributed by atoms with van der Waals surface area (Å²) in [5, 5.41) is 15.5. The van der Waals surface area contributed by atoms with Gasteiger partial charge >= 0.3 is 5.97 Å². The van der Waals surface area contributed by atoms with Crippen LogP contribution in [0.2, 0.25) is 0 Å². The SMILES string of the molecule is O=C(O)C(NCc1cccs1)c1ccc2ncccc2c1. The van der Waals surface area contributed by atoms with E-state index in [0.29, 0.717) is 6.54 Å². The van der Waals surface area contributed by atoms with Gasteiger partial charge in [0.2, 0.25) is 0 Å². The van der Waals surface area contributed by atoms with Crippen molar-refractivity contribution in [1.29, 1.82) is 0 Å². The number of nitrogens with zero attached hydrogens (tertiary/aromatic N) is 1. The number of benzene rings is 1. The largest absolute Gasteiger partial charge is 0.480 e. The molecule has 0 bridgehead atoms. The van der Waals surface area contributed by atoms with Crippen molar-refractivity contribution in [3.05, 3.63) is 64.5 Å². The van der Waals surface area contributed by atoms with Crippen LogP contribution < -0.4 is 5.32 Å². The maximum absolute atomic E-state index is 11.5. The van der Waals surface area contributed by atoms with Crippen molar-refractivity contribution >= 4 is 28.2 Å². The van der Waals surface area contributed by atoms with Crippen LogP contribution in [0.15, 0.2) is 54.0 Å². The van der Waals surface area contributed by atoms with E-state index < -0.39 is 12.0 Å². The fourth-order valence-electron chi connectivity index (χ4n) is 2.24. The lowest BCUT2D eigenvalue weighted by Gasteiger charge is -2.15. The van der Waals surface area contributed by atoms with Gasteiger partial charge in [-0.25, -0.2) is 0 Å². The van der Waals surface area contributed by atoms with Crippen LogP contribution in [-0.2, 0) is 11.3 Å². The molecular formula is C16H14N2O2S. The molecule has 0 amide bonds. The molecule has 0 spiro atoms. The summed E-state index contributed by atoms with van der Waals surface area (Å²) in [6, 6.07) is 12.5. The summed E-state index contributed by atoms with van der Waals surface area (Å²) >= 11 is 1.61. The minimum atomic E-state index is -0.880. The first-order valence-electron chi connectivity index (χ1n) is 6.57. The number of aromatic nitrogens is 1. The van der Waals surface area contributed by atoms with Gasteiger partial charge in [0, 0.05) is 23.0 Å². The van der Waals surface area contributed by atoms with Crippen molar-refractivity contribution in [3.63, 3.8) is 0 Å². The Morgan fingerprint density at radius 3 is 2.95 bits per heavy atom. The fraction of sp³-hybridized carbons (Fsp3) is 0.125. The van der Waals surface area contributed by atoms with E-state index in [1.807, 2.05) is 47.8 Å². The van der Waals surface area contributed by atoms with Gasteiger partial charge in [-0.15, -0.1) is 11.3 Å². The second-order valence-corrected chi connectivity index (χ2v) is 5.72. The van der Waals surface area contributed by atoms with Gasteiger partial charge in [-0.05, 0) is 35.2 Å². The Morgan fingerprint density at radius 1 is 1.29 bits per heavy atom. The number of pyridine rings is 1. The van der Waals surface area contributed by atoms with Crippen LogP contribution in [0.1, 0.15) is 16.5 Å². The summed E-state index contributed by atoms with van der Waals surface area (Å²) in [6.45, 7) is 0.541. The number of carbonyl (C=O) groups is 1. The molecule has 4 nitrogen and oxygen atoms in total. The number of nitrogens with one attached hydrogen (secondary N) is 1. The van der Waals surface area contributed by atoms with E-state index in [2.05, 4.69) is 10.3 Å². The van der Waals surface area contributed by atoms with Gasteiger partial charge < -0.3 is 5.11 Å². The van der Waals surface area contributed by atoms with Crippen LogP contribution in [0.25, 0.3) is 10.9 Å². The molecule has 5 heteroatoms. The molecular weight excluding hydrogens is 284 g/mol. The summed E-state index contributed by atoms with van der Waals surface area (Å²) in [7, 11) is 0. The van der Waals surface area contributed by atoms with Crippen molar-refractivity contribution in [1.82, 2.24) is 10.3 Å². The quantitative estimate of drug-likeness (QED) is 0.759. The third kappa shape index (κ3) is 3.09. The molecule has 0 aliphatic heterocycles. The molecule has 2 aromatic heterocycles. The summed E-state index contributed by atoms with van der Waals surface area (Å²) in [5.41, 5.74) is 1.60. The summed E-state index contributed by atoms with van der Waals surface area (Å²) in [4.78, 5) is 16.9. The van der Waals surface area contributed by atoms with Gasteiger partial charge in [0.1, 0.15) is 6.04 Å². The Labute approximate surface area is 126 Å². The first-order valence-corrected chi connectivity index (χ1v) is 7.45. The molecule has 0 fully saturated rings. The van der Waals surface area contributed by atoms with Crippen LogP contribution in [-0.4, -0.2) is 16.1 Å². The Bertz CT molecular complexity index is 756. The molecule has 1 aromatic carbocycles. The smallest absolute Gasteiger partial charge is 0.325 e. The van der Waals surface area contributed by atoms with Gasteiger partial charge in [0.15, 0.2) is 0 Å². The lowest BCUT2D eigenvalue weighted by atomic mass is 10.0. The van der Waals surface area contributed by atoms with Crippen LogP contribution in [0.5, 0.6) is 0 Å². The lowest BCUT2D eigenvalue weighted by molar-refractivity contribution is -0.139. The van der Waals surface area contributed by atoms with Gasteiger partial charge in [-0.2, -0.15) is 0 Å². The van der Waals surface area contributed by atoms with Crippen molar-refractivity contribution in [2.45, 2.75) is 12.6 Å². The van der Waals surface area contributed by atoms with Gasteiger partial charge in [-0.3, -0.25) is 15.1 Å². The Kier molecular flexibility index (Phi) is 3.94. The van der Waals surface area contributed by atoms with Crippen LogP contribution >= 0.6 is 11.3 Å². The van der Waals surface area contributed by atoms with Crippen LogP contribution in [0.3, 0.4) is 0 Å². The second-order valence-electron chi connectivity index (χ2n) is 4.69. The zero-order valence-electron chi connectivity index (χ0n) is 11.2. The predicted octanol–water partition coefficient (Wildman–Crippen LogP) is 3.21. The lowest BCUT2D eigenvalue weighted by Crippen LogP contribution is -2.27. The van der Waals surface area contributed by atoms with E-state index in [1.165, 1.54) is 0 Å². The first-order chi connectivity index (χ1) is 10.2. The summed E-state index contributed by atoms with van der Waals surface area (Å²) in [5.74, 6) is -0.880. The van der Waals surface area contributed by atoms with E-state index in [-0.39, 0.29) is 0 Å². The number of hydrogen-bond donors (Lipinski definition) is 2. The molecule has 0 saturated carbocycles. The highest BCUT2D eigenvalue weighted by atomic mass is 32.1. The number of aliphatic carboxylic acids is 1. The van der Waals surface area contributed by atoms with Crippen molar-refractivity contribution in [3.8, 4) is 0 Å². The number of hydrogen-bond acceptors (Lipinski definition) is 4. The molecule has 2 heterocycles. The molecule has 0 aliphatic carbocycles. The van der Waals surface area contributed by atoms with Crippen LogP contribution in [0.4, 0.5) is 0 Å². The minimum Gasteiger partial charge on any atom is -0.480 e. The molecule has 3 aromatic rings. The van der Waals surface area contributed by atoms with E-state index in [9.17, 15) is 9.90 Å². The monoisotopic (exact) mass is 298 g/mol. The second kappa shape index (κ2) is 6.03. The zero-order valence-corrected chi connectivity index (χ0v) is 12.0. The molecule has 1 unspecified atom stereocenters. The number of carboxylic acids is 1. The summed E-state index contributed by atoms with van der Waals surface area (Å²) in [6.07, 6.45) is 1.73. The fourth-order valence-corrected chi connectivity index (χ4v) is 2.89. The van der Waals surface area contributed by atoms with Gasteiger partial charge in [-0.1, -0.05) is 18.2 Å². The van der Waals surface area contributed by atoms with Gasteiger partial charge in [0.25, 0.3) is 0 Å². The zero-order chi connectivity index (χ0) is 14.7. The first kappa shape index (κ1) is 13.7. The maximum Gasteiger partial charge on any atom is 0.325 e. The molecule has 2 N–H and O–H groups in total. The van der Waals surface area contributed by atoms with Gasteiger partial charge in [0.05, 0.1) is 5.52 Å². The summed E-state index contributed by atoms with van der Waals surface area (Å²) < 4.78 is 0. The molecule has 3 rings (SSSR count). The highest BCUT2D eigenvalue weighted by Gasteiger charge is 2.19. The van der Waals surface area contributed by atoms with Crippen molar-refractivity contribution < 1.29 is 9.90 Å². The molecule has 21 heavy (non-hydrogen) atoms. The molecule has 0 aliphatic rings.